The Morgan fingerprint density at radius 2 is 2.21 bits per heavy atom. The van der Waals surface area contributed by atoms with Crippen molar-refractivity contribution < 1.29 is 4.39 Å². The number of hydrogen-bond donors (Lipinski definition) is 1. The average Bonchev–Trinajstić information content (AvgIpc) is 2.67. The number of halogens is 1. The number of nitrogens with two attached hydrogens (primary N) is 1. The molecule has 0 fully saturated rings. The summed E-state index contributed by atoms with van der Waals surface area (Å²) in [5.74, 6) is -0.160. The molecule has 1 aromatic heterocycles. The van der Waals surface area contributed by atoms with Crippen molar-refractivity contribution in [2.24, 2.45) is 5.73 Å². The quantitative estimate of drug-likeness (QED) is 0.848. The van der Waals surface area contributed by atoms with E-state index in [0.717, 1.165) is 32.6 Å². The Morgan fingerprint density at radius 1 is 1.47 bits per heavy atom. The van der Waals surface area contributed by atoms with Crippen molar-refractivity contribution in [1.29, 1.82) is 0 Å². The highest BCUT2D eigenvalue weighted by atomic mass is 32.1. The van der Waals surface area contributed by atoms with Crippen LogP contribution in [0.25, 0.3) is 10.1 Å². The fourth-order valence-electron chi connectivity index (χ4n) is 2.33. The molecule has 1 aromatic carbocycles. The average molecular weight is 278 g/mol. The van der Waals surface area contributed by atoms with E-state index in [1.807, 2.05) is 20.0 Å². The van der Waals surface area contributed by atoms with Crippen molar-refractivity contribution in [3.8, 4) is 0 Å². The van der Waals surface area contributed by atoms with Crippen LogP contribution in [0.4, 0.5) is 4.39 Å². The van der Waals surface area contributed by atoms with Crippen molar-refractivity contribution in [3.63, 3.8) is 0 Å². The third-order valence-electron chi connectivity index (χ3n) is 3.00. The van der Waals surface area contributed by atoms with Crippen molar-refractivity contribution in [2.45, 2.75) is 20.0 Å². The first-order chi connectivity index (χ1) is 9.02. The smallest absolute Gasteiger partial charge is 0.132 e. The number of thiophene rings is 1. The van der Waals surface area contributed by atoms with Crippen molar-refractivity contribution in [3.05, 3.63) is 46.6 Å². The van der Waals surface area contributed by atoms with Gasteiger partial charge in [0.05, 0.1) is 0 Å². The molecule has 0 saturated heterocycles. The van der Waals surface area contributed by atoms with Crippen molar-refractivity contribution in [2.75, 3.05) is 13.6 Å². The van der Waals surface area contributed by atoms with Crippen LogP contribution in [-0.2, 0) is 13.1 Å². The van der Waals surface area contributed by atoms with Gasteiger partial charge in [-0.3, -0.25) is 4.90 Å². The van der Waals surface area contributed by atoms with Gasteiger partial charge in [-0.1, -0.05) is 18.2 Å². The standard InChI is InChI=1S/C15H19FN2S/c1-10(2)8-18(3)9-11-14(7-17)19-13-6-4-5-12(16)15(11)13/h4-6H,1,7-9,17H2,2-3H3. The van der Waals surface area contributed by atoms with Gasteiger partial charge < -0.3 is 5.73 Å². The summed E-state index contributed by atoms with van der Waals surface area (Å²) in [5, 5.41) is 0.724. The van der Waals surface area contributed by atoms with Gasteiger partial charge in [0.1, 0.15) is 5.82 Å². The van der Waals surface area contributed by atoms with Gasteiger partial charge in [0.2, 0.25) is 0 Å². The van der Waals surface area contributed by atoms with Crippen LogP contribution in [0.1, 0.15) is 17.4 Å². The summed E-state index contributed by atoms with van der Waals surface area (Å²) in [4.78, 5) is 3.20. The Hall–Kier alpha value is -1.23. The monoisotopic (exact) mass is 278 g/mol. The molecule has 2 N–H and O–H groups in total. The fourth-order valence-corrected chi connectivity index (χ4v) is 3.44. The first kappa shape index (κ1) is 14.2. The van der Waals surface area contributed by atoms with Gasteiger partial charge in [-0.2, -0.15) is 0 Å². The largest absolute Gasteiger partial charge is 0.326 e. The zero-order valence-corrected chi connectivity index (χ0v) is 12.2. The van der Waals surface area contributed by atoms with Gasteiger partial charge in [-0.05, 0) is 31.7 Å². The minimum Gasteiger partial charge on any atom is -0.326 e. The fraction of sp³-hybridized carbons (Fsp3) is 0.333. The molecular weight excluding hydrogens is 259 g/mol. The molecule has 4 heteroatoms. The molecule has 0 aliphatic heterocycles. The van der Waals surface area contributed by atoms with Gasteiger partial charge in [0.25, 0.3) is 0 Å². The van der Waals surface area contributed by atoms with Crippen molar-refractivity contribution in [1.82, 2.24) is 4.90 Å². The van der Waals surface area contributed by atoms with E-state index in [2.05, 4.69) is 11.5 Å². The van der Waals surface area contributed by atoms with E-state index in [1.165, 1.54) is 6.07 Å². The van der Waals surface area contributed by atoms with Crippen LogP contribution in [0.2, 0.25) is 0 Å². The number of nitrogens with zero attached hydrogens (tertiary/aromatic N) is 1. The highest BCUT2D eigenvalue weighted by molar-refractivity contribution is 7.19. The molecule has 1 heterocycles. The molecule has 0 aliphatic carbocycles. The van der Waals surface area contributed by atoms with Gasteiger partial charge in [0, 0.05) is 34.6 Å². The molecule has 0 bridgehead atoms. The summed E-state index contributed by atoms with van der Waals surface area (Å²) in [6, 6.07) is 5.21. The second kappa shape index (κ2) is 5.82. The Morgan fingerprint density at radius 3 is 2.84 bits per heavy atom. The van der Waals surface area contributed by atoms with Crippen LogP contribution in [0.15, 0.2) is 30.4 Å². The summed E-state index contributed by atoms with van der Waals surface area (Å²) >= 11 is 1.58. The van der Waals surface area contributed by atoms with Crippen LogP contribution >= 0.6 is 11.3 Å². The Labute approximate surface area is 117 Å². The van der Waals surface area contributed by atoms with Crippen molar-refractivity contribution >= 4 is 21.4 Å². The zero-order valence-electron chi connectivity index (χ0n) is 11.4. The summed E-state index contributed by atoms with van der Waals surface area (Å²) in [6.07, 6.45) is 0. The predicted octanol–water partition coefficient (Wildman–Crippen LogP) is 3.51. The second-order valence-corrected chi connectivity index (χ2v) is 6.09. The molecule has 0 saturated carbocycles. The van der Waals surface area contributed by atoms with Gasteiger partial charge in [0.15, 0.2) is 0 Å². The predicted molar refractivity (Wildman–Crippen MR) is 80.8 cm³/mol. The van der Waals surface area contributed by atoms with E-state index in [9.17, 15) is 4.39 Å². The Kier molecular flexibility index (Phi) is 4.34. The molecule has 0 aliphatic rings. The van der Waals surface area contributed by atoms with Gasteiger partial charge in [-0.15, -0.1) is 11.3 Å². The molecule has 0 amide bonds. The third kappa shape index (κ3) is 3.03. The van der Waals surface area contributed by atoms with E-state index in [-0.39, 0.29) is 5.82 Å². The van der Waals surface area contributed by atoms with Crippen LogP contribution in [0.3, 0.4) is 0 Å². The lowest BCUT2D eigenvalue weighted by Crippen LogP contribution is -2.20. The summed E-state index contributed by atoms with van der Waals surface area (Å²) in [5.41, 5.74) is 7.91. The number of rotatable bonds is 5. The van der Waals surface area contributed by atoms with Crippen LogP contribution in [0, 0.1) is 5.82 Å². The van der Waals surface area contributed by atoms with E-state index in [0.29, 0.717) is 13.1 Å². The highest BCUT2D eigenvalue weighted by Gasteiger charge is 2.15. The minimum absolute atomic E-state index is 0.160. The number of likely N-dealkylation sites (N-methyl/N-ethyl adjacent to an activating group) is 1. The number of benzene rings is 1. The zero-order chi connectivity index (χ0) is 14.0. The second-order valence-electron chi connectivity index (χ2n) is 4.95. The molecule has 102 valence electrons. The van der Waals surface area contributed by atoms with E-state index in [1.54, 1.807) is 17.4 Å². The topological polar surface area (TPSA) is 29.3 Å². The lowest BCUT2D eigenvalue weighted by molar-refractivity contribution is 0.356. The summed E-state index contributed by atoms with van der Waals surface area (Å²) < 4.78 is 15.0. The molecule has 2 aromatic rings. The van der Waals surface area contributed by atoms with E-state index in [4.69, 9.17) is 5.73 Å². The molecular formula is C15H19FN2S. The molecule has 2 nitrogen and oxygen atoms in total. The number of hydrogen-bond acceptors (Lipinski definition) is 3. The maximum absolute atomic E-state index is 14.0. The Bertz CT molecular complexity index is 603. The lowest BCUT2D eigenvalue weighted by Gasteiger charge is -2.17. The van der Waals surface area contributed by atoms with Crippen LogP contribution in [-0.4, -0.2) is 18.5 Å². The Balaban J connectivity index is 2.42. The first-order valence-electron chi connectivity index (χ1n) is 6.24. The van der Waals surface area contributed by atoms with E-state index >= 15 is 0 Å². The molecule has 19 heavy (non-hydrogen) atoms. The van der Waals surface area contributed by atoms with Crippen LogP contribution < -0.4 is 5.73 Å². The first-order valence-corrected chi connectivity index (χ1v) is 7.06. The maximum Gasteiger partial charge on any atom is 0.132 e. The lowest BCUT2D eigenvalue weighted by atomic mass is 10.1. The molecule has 0 spiro atoms. The normalized spacial score (nSPS) is 11.4. The van der Waals surface area contributed by atoms with Crippen LogP contribution in [0.5, 0.6) is 0 Å². The van der Waals surface area contributed by atoms with E-state index < -0.39 is 0 Å². The highest BCUT2D eigenvalue weighted by Crippen LogP contribution is 2.33. The maximum atomic E-state index is 14.0. The van der Waals surface area contributed by atoms with Gasteiger partial charge in [-0.25, -0.2) is 4.39 Å². The van der Waals surface area contributed by atoms with Gasteiger partial charge >= 0.3 is 0 Å². The molecule has 0 unspecified atom stereocenters. The SMILES string of the molecule is C=C(C)CN(C)Cc1c(CN)sc2cccc(F)c12. The molecule has 0 radical (unpaired) electrons. The number of fused-ring (bicyclic) bond motifs is 1. The molecule has 0 atom stereocenters. The summed E-state index contributed by atoms with van der Waals surface area (Å²) in [6.45, 7) is 7.85. The third-order valence-corrected chi connectivity index (χ3v) is 4.22. The minimum atomic E-state index is -0.160. The summed E-state index contributed by atoms with van der Waals surface area (Å²) in [7, 11) is 2.01. The molecule has 2 rings (SSSR count).